The van der Waals surface area contributed by atoms with Crippen LogP contribution in [0, 0.1) is 5.92 Å². The van der Waals surface area contributed by atoms with Gasteiger partial charge in [0.05, 0.1) is 4.88 Å². The van der Waals surface area contributed by atoms with Crippen LogP contribution in [0.4, 0.5) is 0 Å². The third-order valence-electron chi connectivity index (χ3n) is 2.83. The Balaban J connectivity index is 2.09. The lowest BCUT2D eigenvalue weighted by Gasteiger charge is -2.26. The highest BCUT2D eigenvalue weighted by Gasteiger charge is 2.29. The fourth-order valence-electron chi connectivity index (χ4n) is 1.69. The van der Waals surface area contributed by atoms with Crippen LogP contribution < -0.4 is 0 Å². The molecular formula is C12H17NOS2. The van der Waals surface area contributed by atoms with E-state index < -0.39 is 0 Å². The van der Waals surface area contributed by atoms with E-state index in [0.29, 0.717) is 0 Å². The van der Waals surface area contributed by atoms with E-state index >= 15 is 0 Å². The molecule has 0 aliphatic heterocycles. The molecule has 1 fully saturated rings. The quantitative estimate of drug-likeness (QED) is 0.819. The van der Waals surface area contributed by atoms with Gasteiger partial charge in [0.1, 0.15) is 0 Å². The summed E-state index contributed by atoms with van der Waals surface area (Å²) < 4.78 is 0. The normalized spacial score (nSPS) is 15.5. The van der Waals surface area contributed by atoms with Crippen LogP contribution in [0.2, 0.25) is 0 Å². The highest BCUT2D eigenvalue weighted by molar-refractivity contribution is 7.80. The molecule has 0 bridgehead atoms. The Hall–Kier alpha value is -0.480. The van der Waals surface area contributed by atoms with Gasteiger partial charge in [0.15, 0.2) is 0 Å². The van der Waals surface area contributed by atoms with Crippen molar-refractivity contribution in [2.24, 2.45) is 5.92 Å². The maximum absolute atomic E-state index is 12.3. The highest BCUT2D eigenvalue weighted by Crippen LogP contribution is 2.31. The molecule has 2 nitrogen and oxygen atoms in total. The zero-order valence-corrected chi connectivity index (χ0v) is 11.4. The molecule has 0 radical (unpaired) electrons. The summed E-state index contributed by atoms with van der Waals surface area (Å²) in [6, 6.07) is 2.14. The number of carbonyl (C=O) groups excluding carboxylic acids is 1. The van der Waals surface area contributed by atoms with Crippen molar-refractivity contribution in [1.29, 1.82) is 0 Å². The van der Waals surface area contributed by atoms with Gasteiger partial charge in [0, 0.05) is 22.9 Å². The minimum atomic E-state index is 0.159. The van der Waals surface area contributed by atoms with Crippen molar-refractivity contribution in [2.45, 2.75) is 37.6 Å². The molecule has 4 heteroatoms. The second-order valence-corrected chi connectivity index (χ2v) is 6.09. The van der Waals surface area contributed by atoms with Gasteiger partial charge in [-0.15, -0.1) is 24.0 Å². The molecule has 16 heavy (non-hydrogen) atoms. The molecule has 88 valence electrons. The van der Waals surface area contributed by atoms with Crippen LogP contribution in [0.25, 0.3) is 0 Å². The zero-order chi connectivity index (χ0) is 11.7. The molecule has 1 heterocycles. The fourth-order valence-corrected chi connectivity index (χ4v) is 2.79. The van der Waals surface area contributed by atoms with E-state index in [-0.39, 0.29) is 11.9 Å². The van der Waals surface area contributed by atoms with Crippen molar-refractivity contribution in [3.63, 3.8) is 0 Å². The van der Waals surface area contributed by atoms with Crippen LogP contribution in [0.15, 0.2) is 16.3 Å². The van der Waals surface area contributed by atoms with Crippen LogP contribution in [0.5, 0.6) is 0 Å². The molecule has 0 spiro atoms. The molecular weight excluding hydrogens is 238 g/mol. The largest absolute Gasteiger partial charge is 0.335 e. The van der Waals surface area contributed by atoms with E-state index in [1.807, 2.05) is 16.3 Å². The number of thiophene rings is 1. The Labute approximate surface area is 106 Å². The first kappa shape index (κ1) is 12.0. The summed E-state index contributed by atoms with van der Waals surface area (Å²) in [5, 5.41) is 1.91. The fraction of sp³-hybridized carbons (Fsp3) is 0.583. The standard InChI is InChI=1S/C12H17NOS2/c1-8(2)13(6-9-3-4-9)12(14)11-5-10(15)7-16-11/h5,7-9,15H,3-4,6H2,1-2H3. The van der Waals surface area contributed by atoms with Crippen molar-refractivity contribution < 1.29 is 4.79 Å². The Kier molecular flexibility index (Phi) is 3.60. The van der Waals surface area contributed by atoms with E-state index in [0.717, 1.165) is 22.2 Å². The summed E-state index contributed by atoms with van der Waals surface area (Å²) in [7, 11) is 0. The van der Waals surface area contributed by atoms with Crippen LogP contribution in [0.3, 0.4) is 0 Å². The summed E-state index contributed by atoms with van der Waals surface area (Å²) in [5.74, 6) is 0.897. The maximum atomic E-state index is 12.3. The van der Waals surface area contributed by atoms with E-state index in [9.17, 15) is 4.79 Å². The summed E-state index contributed by atoms with van der Waals surface area (Å²) in [6.07, 6.45) is 2.55. The number of nitrogens with zero attached hydrogens (tertiary/aromatic N) is 1. The second kappa shape index (κ2) is 4.80. The van der Waals surface area contributed by atoms with Crippen LogP contribution >= 0.6 is 24.0 Å². The molecule has 0 aromatic carbocycles. The van der Waals surface area contributed by atoms with E-state index in [4.69, 9.17) is 0 Å². The first-order chi connectivity index (χ1) is 7.58. The molecule has 0 N–H and O–H groups in total. The lowest BCUT2D eigenvalue weighted by Crippen LogP contribution is -2.38. The third-order valence-corrected chi connectivity index (χ3v) is 4.18. The maximum Gasteiger partial charge on any atom is 0.264 e. The summed E-state index contributed by atoms with van der Waals surface area (Å²) in [5.41, 5.74) is 0. The SMILES string of the molecule is CC(C)N(CC1CC1)C(=O)c1cc(S)cs1. The number of carbonyl (C=O) groups is 1. The van der Waals surface area contributed by atoms with Crippen molar-refractivity contribution >= 4 is 29.9 Å². The van der Waals surface area contributed by atoms with Gasteiger partial charge < -0.3 is 4.90 Å². The third kappa shape index (κ3) is 2.80. The van der Waals surface area contributed by atoms with Gasteiger partial charge in [-0.2, -0.15) is 0 Å². The zero-order valence-electron chi connectivity index (χ0n) is 9.64. The van der Waals surface area contributed by atoms with Gasteiger partial charge in [-0.1, -0.05) is 0 Å². The average Bonchev–Trinajstić information content (AvgIpc) is 2.95. The molecule has 1 aromatic rings. The minimum Gasteiger partial charge on any atom is -0.335 e. The highest BCUT2D eigenvalue weighted by atomic mass is 32.1. The molecule has 1 saturated carbocycles. The number of thiol groups is 1. The van der Waals surface area contributed by atoms with Crippen LogP contribution in [-0.2, 0) is 0 Å². The average molecular weight is 255 g/mol. The Morgan fingerprint density at radius 2 is 2.31 bits per heavy atom. The van der Waals surface area contributed by atoms with Gasteiger partial charge in [0.25, 0.3) is 5.91 Å². The molecule has 1 aromatic heterocycles. The molecule has 1 aliphatic carbocycles. The number of amides is 1. The lowest BCUT2D eigenvalue weighted by atomic mass is 10.2. The molecule has 1 aliphatic rings. The van der Waals surface area contributed by atoms with Gasteiger partial charge in [-0.25, -0.2) is 0 Å². The molecule has 0 unspecified atom stereocenters. The van der Waals surface area contributed by atoms with E-state index in [2.05, 4.69) is 26.5 Å². The summed E-state index contributed by atoms with van der Waals surface area (Å²) in [4.78, 5) is 15.9. The van der Waals surface area contributed by atoms with E-state index in [1.165, 1.54) is 24.2 Å². The molecule has 0 atom stereocenters. The van der Waals surface area contributed by atoms with Crippen molar-refractivity contribution in [2.75, 3.05) is 6.54 Å². The smallest absolute Gasteiger partial charge is 0.264 e. The second-order valence-electron chi connectivity index (χ2n) is 4.66. The first-order valence-corrected chi connectivity index (χ1v) is 6.99. The monoisotopic (exact) mass is 255 g/mol. The van der Waals surface area contributed by atoms with Gasteiger partial charge >= 0.3 is 0 Å². The molecule has 2 rings (SSSR count). The molecule has 0 saturated heterocycles. The van der Waals surface area contributed by atoms with Crippen molar-refractivity contribution in [3.05, 3.63) is 16.3 Å². The molecule has 1 amide bonds. The van der Waals surface area contributed by atoms with Crippen LogP contribution in [0.1, 0.15) is 36.4 Å². The predicted molar refractivity (Wildman–Crippen MR) is 70.5 cm³/mol. The Morgan fingerprint density at radius 1 is 1.62 bits per heavy atom. The lowest BCUT2D eigenvalue weighted by molar-refractivity contribution is 0.0701. The summed E-state index contributed by atoms with van der Waals surface area (Å²) in [6.45, 7) is 5.07. The van der Waals surface area contributed by atoms with Gasteiger partial charge in [-0.05, 0) is 38.7 Å². The Morgan fingerprint density at radius 3 is 2.75 bits per heavy atom. The first-order valence-electron chi connectivity index (χ1n) is 5.66. The van der Waals surface area contributed by atoms with E-state index in [1.54, 1.807) is 0 Å². The van der Waals surface area contributed by atoms with Gasteiger partial charge in [-0.3, -0.25) is 4.79 Å². The summed E-state index contributed by atoms with van der Waals surface area (Å²) >= 11 is 5.73. The minimum absolute atomic E-state index is 0.159. The number of rotatable bonds is 4. The van der Waals surface area contributed by atoms with Crippen LogP contribution in [-0.4, -0.2) is 23.4 Å². The predicted octanol–water partition coefficient (Wildman–Crippen LogP) is 3.30. The number of hydrogen-bond donors (Lipinski definition) is 1. The Bertz CT molecular complexity index is 382. The van der Waals surface area contributed by atoms with Crippen molar-refractivity contribution in [1.82, 2.24) is 4.90 Å². The van der Waals surface area contributed by atoms with Gasteiger partial charge in [0.2, 0.25) is 0 Å². The van der Waals surface area contributed by atoms with Crippen molar-refractivity contribution in [3.8, 4) is 0 Å². The topological polar surface area (TPSA) is 20.3 Å². The number of hydrogen-bond acceptors (Lipinski definition) is 3.